The van der Waals surface area contributed by atoms with Crippen LogP contribution in [0.2, 0.25) is 0 Å². The van der Waals surface area contributed by atoms with Gasteiger partial charge in [0.1, 0.15) is 19.3 Å². The molecule has 0 aromatic heterocycles. The number of hydrogen-bond acceptors (Lipinski definition) is 15. The molecule has 0 fully saturated rings. The maximum Gasteiger partial charge on any atom is 0.472 e. The number of ether oxygens (including phenoxy) is 4. The van der Waals surface area contributed by atoms with Crippen LogP contribution in [0, 0.1) is 11.8 Å². The van der Waals surface area contributed by atoms with Crippen LogP contribution < -0.4 is 0 Å². The number of unbranched alkanes of at least 4 members (excludes halogenated alkanes) is 52. The van der Waals surface area contributed by atoms with E-state index in [1.807, 2.05) is 0 Å². The largest absolute Gasteiger partial charge is 0.472 e. The number of hydrogen-bond donors (Lipinski definition) is 3. The second kappa shape index (κ2) is 74.5. The molecule has 0 aromatic rings. The molecule has 0 heterocycles. The predicted molar refractivity (Wildman–Crippen MR) is 418 cm³/mol. The Balaban J connectivity index is 5.22. The number of carbonyl (C=O) groups is 4. The molecular weight excluding hydrogens is 1330 g/mol. The molecule has 0 aromatic carbocycles. The van der Waals surface area contributed by atoms with Gasteiger partial charge in [-0.15, -0.1) is 0 Å². The number of phosphoric ester groups is 2. The Morgan fingerprint density at radius 2 is 0.451 bits per heavy atom. The van der Waals surface area contributed by atoms with Crippen molar-refractivity contribution in [3.8, 4) is 0 Å². The van der Waals surface area contributed by atoms with E-state index in [2.05, 4.69) is 41.5 Å². The van der Waals surface area contributed by atoms with Crippen molar-refractivity contribution in [1.29, 1.82) is 0 Å². The number of rotatable bonds is 82. The fourth-order valence-electron chi connectivity index (χ4n) is 12.9. The lowest BCUT2D eigenvalue weighted by Gasteiger charge is -2.21. The van der Waals surface area contributed by atoms with E-state index in [1.165, 1.54) is 257 Å². The molecule has 0 aliphatic rings. The molecule has 5 atom stereocenters. The van der Waals surface area contributed by atoms with Crippen LogP contribution in [0.5, 0.6) is 0 Å². The Morgan fingerprint density at radius 3 is 0.667 bits per heavy atom. The van der Waals surface area contributed by atoms with Crippen LogP contribution in [0.25, 0.3) is 0 Å². The van der Waals surface area contributed by atoms with Crippen LogP contribution in [0.4, 0.5) is 0 Å². The second-order valence-electron chi connectivity index (χ2n) is 30.8. The number of carbonyl (C=O) groups excluding carboxylic acids is 4. The van der Waals surface area contributed by atoms with Crippen molar-refractivity contribution in [3.63, 3.8) is 0 Å². The van der Waals surface area contributed by atoms with Crippen LogP contribution >= 0.6 is 15.6 Å². The summed E-state index contributed by atoms with van der Waals surface area (Å²) in [6, 6.07) is 0. The minimum Gasteiger partial charge on any atom is -0.462 e. The Morgan fingerprint density at radius 1 is 0.265 bits per heavy atom. The summed E-state index contributed by atoms with van der Waals surface area (Å²) in [6.45, 7) is 9.64. The van der Waals surface area contributed by atoms with Gasteiger partial charge in [0.15, 0.2) is 12.2 Å². The zero-order valence-electron chi connectivity index (χ0n) is 66.9. The third kappa shape index (κ3) is 76.3. The highest BCUT2D eigenvalue weighted by atomic mass is 31.2. The smallest absolute Gasteiger partial charge is 0.462 e. The first kappa shape index (κ1) is 100. The molecule has 17 nitrogen and oxygen atoms in total. The van der Waals surface area contributed by atoms with Crippen LogP contribution in [0.1, 0.15) is 440 Å². The summed E-state index contributed by atoms with van der Waals surface area (Å²) in [5.74, 6) is -0.579. The minimum absolute atomic E-state index is 0.106. The summed E-state index contributed by atoms with van der Waals surface area (Å²) in [7, 11) is -9.92. The van der Waals surface area contributed by atoms with Crippen molar-refractivity contribution >= 4 is 39.5 Å². The molecular formula is C83H162O17P2. The molecule has 0 spiro atoms. The summed E-state index contributed by atoms with van der Waals surface area (Å²) >= 11 is 0. The molecule has 0 amide bonds. The highest BCUT2D eigenvalue weighted by Crippen LogP contribution is 2.45. The van der Waals surface area contributed by atoms with E-state index < -0.39 is 97.5 Å². The van der Waals surface area contributed by atoms with Gasteiger partial charge in [0.2, 0.25) is 0 Å². The van der Waals surface area contributed by atoms with Gasteiger partial charge >= 0.3 is 39.5 Å². The lowest BCUT2D eigenvalue weighted by Crippen LogP contribution is -2.30. The van der Waals surface area contributed by atoms with E-state index in [0.717, 1.165) is 102 Å². The first-order chi connectivity index (χ1) is 49.4. The topological polar surface area (TPSA) is 237 Å². The fraction of sp³-hybridized carbons (Fsp3) is 0.952. The summed E-state index contributed by atoms with van der Waals surface area (Å²) in [4.78, 5) is 73.1. The average molecular weight is 1490 g/mol. The van der Waals surface area contributed by atoms with Crippen LogP contribution in [-0.2, 0) is 65.4 Å². The first-order valence-electron chi connectivity index (χ1n) is 43.0. The van der Waals surface area contributed by atoms with E-state index in [-0.39, 0.29) is 25.7 Å². The summed E-state index contributed by atoms with van der Waals surface area (Å²) in [5, 5.41) is 10.7. The van der Waals surface area contributed by atoms with Crippen molar-refractivity contribution in [3.05, 3.63) is 0 Å². The molecule has 102 heavy (non-hydrogen) atoms. The number of aliphatic hydroxyl groups excluding tert-OH is 1. The zero-order valence-corrected chi connectivity index (χ0v) is 68.7. The summed E-state index contributed by atoms with van der Waals surface area (Å²) in [6.07, 6.45) is 65.3. The molecule has 0 aliphatic carbocycles. The lowest BCUT2D eigenvalue weighted by atomic mass is 10.0. The number of aliphatic hydroxyl groups is 1. The second-order valence-corrected chi connectivity index (χ2v) is 33.7. The van der Waals surface area contributed by atoms with Crippen molar-refractivity contribution in [2.24, 2.45) is 11.8 Å². The normalized spacial score (nSPS) is 13.9. The van der Waals surface area contributed by atoms with Crippen molar-refractivity contribution in [2.75, 3.05) is 39.6 Å². The molecule has 0 aliphatic heterocycles. The van der Waals surface area contributed by atoms with Crippen LogP contribution in [0.15, 0.2) is 0 Å². The average Bonchev–Trinajstić information content (AvgIpc) is 0.909. The quantitative estimate of drug-likeness (QED) is 0.0222. The van der Waals surface area contributed by atoms with Gasteiger partial charge in [0.05, 0.1) is 26.4 Å². The van der Waals surface area contributed by atoms with Crippen LogP contribution in [-0.4, -0.2) is 96.7 Å². The van der Waals surface area contributed by atoms with E-state index in [9.17, 15) is 43.2 Å². The molecule has 606 valence electrons. The SMILES string of the molecule is CCCCCCCCCCCCCCCCCCCCCCCCC(=O)O[C@H](COC(=O)CCCCCCCCCCCCCCCC(C)C)COP(=O)(O)OC[C@@H](O)COP(=O)(O)OC[C@@H](COC(=O)CCCCCCCCCCCCCC)OC(=O)CCCCCCCCCCCC(C)C. The monoisotopic (exact) mass is 1490 g/mol. The molecule has 0 rings (SSSR count). The third-order valence-electron chi connectivity index (χ3n) is 19.5. The van der Waals surface area contributed by atoms with Crippen molar-refractivity contribution in [2.45, 2.75) is 458 Å². The van der Waals surface area contributed by atoms with E-state index >= 15 is 0 Å². The molecule has 0 saturated carbocycles. The van der Waals surface area contributed by atoms with Crippen molar-refractivity contribution < 1.29 is 80.2 Å². The zero-order chi connectivity index (χ0) is 74.9. The van der Waals surface area contributed by atoms with Gasteiger partial charge < -0.3 is 33.8 Å². The summed E-state index contributed by atoms with van der Waals surface area (Å²) < 4.78 is 68.8. The van der Waals surface area contributed by atoms with Gasteiger partial charge in [-0.05, 0) is 37.5 Å². The van der Waals surface area contributed by atoms with Crippen LogP contribution in [0.3, 0.4) is 0 Å². The highest BCUT2D eigenvalue weighted by Gasteiger charge is 2.30. The Hall–Kier alpha value is -1.94. The van der Waals surface area contributed by atoms with Gasteiger partial charge in [-0.2, -0.15) is 0 Å². The lowest BCUT2D eigenvalue weighted by molar-refractivity contribution is -0.161. The van der Waals surface area contributed by atoms with E-state index in [4.69, 9.17) is 37.0 Å². The van der Waals surface area contributed by atoms with Gasteiger partial charge in [-0.3, -0.25) is 37.3 Å². The fourth-order valence-corrected chi connectivity index (χ4v) is 14.5. The molecule has 0 saturated heterocycles. The standard InChI is InChI=1S/C83H162O17P2/c1-7-9-11-13-15-17-19-21-22-23-24-25-26-27-28-29-32-37-43-49-55-61-67-82(87)99-78(71-94-81(86)66-60-54-48-42-36-33-30-31-34-39-45-51-57-63-75(3)4)73-97-101(89,90)95-69-77(84)70-96-102(91,92)98-74-79(100-83(88)68-62-56-50-44-38-40-46-52-58-64-76(5)6)72-93-80(85)65-59-53-47-41-35-20-18-16-14-12-10-8-2/h75-79,84H,7-74H2,1-6H3,(H,89,90)(H,91,92)/t77-,78-,79-/m1/s1. The highest BCUT2D eigenvalue weighted by molar-refractivity contribution is 7.47. The number of phosphoric acid groups is 2. The Kier molecular flexibility index (Phi) is 73.1. The Labute approximate surface area is 626 Å². The number of esters is 4. The predicted octanol–water partition coefficient (Wildman–Crippen LogP) is 25.1. The van der Waals surface area contributed by atoms with E-state index in [1.54, 1.807) is 0 Å². The van der Waals surface area contributed by atoms with E-state index in [0.29, 0.717) is 25.7 Å². The maximum atomic E-state index is 13.1. The Bertz CT molecular complexity index is 1960. The summed E-state index contributed by atoms with van der Waals surface area (Å²) in [5.41, 5.74) is 0. The minimum atomic E-state index is -4.96. The van der Waals surface area contributed by atoms with Gasteiger partial charge in [0.25, 0.3) is 0 Å². The van der Waals surface area contributed by atoms with Gasteiger partial charge in [0, 0.05) is 25.7 Å². The van der Waals surface area contributed by atoms with Gasteiger partial charge in [-0.1, -0.05) is 388 Å². The maximum absolute atomic E-state index is 13.1. The molecule has 19 heteroatoms. The molecule has 0 radical (unpaired) electrons. The van der Waals surface area contributed by atoms with Crippen molar-refractivity contribution in [1.82, 2.24) is 0 Å². The molecule has 2 unspecified atom stereocenters. The molecule has 3 N–H and O–H groups in total. The third-order valence-corrected chi connectivity index (χ3v) is 21.4. The van der Waals surface area contributed by atoms with Gasteiger partial charge in [-0.25, -0.2) is 9.13 Å². The first-order valence-corrected chi connectivity index (χ1v) is 46.0. The molecule has 0 bridgehead atoms.